The molecular weight excluding hydrogens is 193 g/mol. The molecule has 0 spiro atoms. The Balaban J connectivity index is 2.39. The minimum atomic E-state index is -0.575. The van der Waals surface area contributed by atoms with Gasteiger partial charge in [0.1, 0.15) is 5.82 Å². The number of hydrogen-bond donors (Lipinski definition) is 0. The molecule has 0 radical (unpaired) electrons. The van der Waals surface area contributed by atoms with E-state index in [0.29, 0.717) is 5.56 Å². The maximum Gasteiger partial charge on any atom is 0.232 e. The molecule has 1 aromatic carbocycles. The van der Waals surface area contributed by atoms with Gasteiger partial charge in [0.05, 0.1) is 5.41 Å². The summed E-state index contributed by atoms with van der Waals surface area (Å²) in [5.41, 5.74) is -0.0295. The molecule has 1 saturated carbocycles. The lowest BCUT2D eigenvalue weighted by Crippen LogP contribution is -2.34. The van der Waals surface area contributed by atoms with Crippen LogP contribution >= 0.6 is 0 Å². The lowest BCUT2D eigenvalue weighted by Gasteiger charge is -2.20. The van der Waals surface area contributed by atoms with Crippen LogP contribution in [0.15, 0.2) is 24.3 Å². The Labute approximate surface area is 88.7 Å². The van der Waals surface area contributed by atoms with Gasteiger partial charge in [0.25, 0.3) is 0 Å². The first-order valence-corrected chi connectivity index (χ1v) is 5.05. The van der Waals surface area contributed by atoms with E-state index in [1.165, 1.54) is 6.07 Å². The van der Waals surface area contributed by atoms with Crippen molar-refractivity contribution in [3.63, 3.8) is 0 Å². The van der Waals surface area contributed by atoms with Gasteiger partial charge in [0.2, 0.25) is 5.91 Å². The van der Waals surface area contributed by atoms with Crippen molar-refractivity contribution in [1.82, 2.24) is 4.90 Å². The standard InChI is InChI=1S/C12H14FNO/c1-14(2)11(15)12(7-8-12)9-5-3-4-6-10(9)13/h3-6H,7-8H2,1-2H3. The van der Waals surface area contributed by atoms with Crippen LogP contribution in [0.4, 0.5) is 4.39 Å². The molecule has 15 heavy (non-hydrogen) atoms. The third kappa shape index (κ3) is 1.52. The van der Waals surface area contributed by atoms with Crippen molar-refractivity contribution in [2.45, 2.75) is 18.3 Å². The highest BCUT2D eigenvalue weighted by Crippen LogP contribution is 2.50. The van der Waals surface area contributed by atoms with E-state index >= 15 is 0 Å². The Bertz CT molecular complexity index is 396. The van der Waals surface area contributed by atoms with Crippen LogP contribution in [-0.2, 0) is 10.2 Å². The molecule has 2 rings (SSSR count). The maximum absolute atomic E-state index is 13.6. The van der Waals surface area contributed by atoms with E-state index < -0.39 is 5.41 Å². The quantitative estimate of drug-likeness (QED) is 0.725. The molecule has 1 amide bonds. The van der Waals surface area contributed by atoms with Gasteiger partial charge in [-0.15, -0.1) is 0 Å². The summed E-state index contributed by atoms with van der Waals surface area (Å²) in [5.74, 6) is -0.266. The number of nitrogens with zero attached hydrogens (tertiary/aromatic N) is 1. The van der Waals surface area contributed by atoms with Crippen LogP contribution in [0.5, 0.6) is 0 Å². The van der Waals surface area contributed by atoms with Crippen LogP contribution < -0.4 is 0 Å². The molecule has 80 valence electrons. The first kappa shape index (κ1) is 10.1. The first-order chi connectivity index (χ1) is 7.08. The molecule has 2 nitrogen and oxygen atoms in total. The number of hydrogen-bond acceptors (Lipinski definition) is 1. The third-order valence-corrected chi connectivity index (χ3v) is 2.95. The number of likely N-dealkylation sites (N-methyl/N-ethyl adjacent to an activating group) is 1. The fourth-order valence-corrected chi connectivity index (χ4v) is 2.00. The highest BCUT2D eigenvalue weighted by Gasteiger charge is 2.53. The molecule has 0 atom stereocenters. The van der Waals surface area contributed by atoms with E-state index in [1.54, 1.807) is 37.2 Å². The number of carbonyl (C=O) groups excluding carboxylic acids is 1. The van der Waals surface area contributed by atoms with Crippen LogP contribution in [0.2, 0.25) is 0 Å². The molecule has 0 bridgehead atoms. The summed E-state index contributed by atoms with van der Waals surface area (Å²) in [6.07, 6.45) is 1.51. The van der Waals surface area contributed by atoms with E-state index in [1.807, 2.05) is 0 Å². The number of benzene rings is 1. The van der Waals surface area contributed by atoms with E-state index in [2.05, 4.69) is 0 Å². The SMILES string of the molecule is CN(C)C(=O)C1(c2ccccc2F)CC1. The fraction of sp³-hybridized carbons (Fsp3) is 0.417. The minimum absolute atomic E-state index is 0.00704. The molecule has 0 aliphatic heterocycles. The second kappa shape index (κ2) is 3.33. The highest BCUT2D eigenvalue weighted by atomic mass is 19.1. The summed E-state index contributed by atoms with van der Waals surface area (Å²) < 4.78 is 13.6. The topological polar surface area (TPSA) is 20.3 Å². The van der Waals surface area contributed by atoms with Gasteiger partial charge >= 0.3 is 0 Å². The molecule has 1 aromatic rings. The lowest BCUT2D eigenvalue weighted by molar-refractivity contribution is -0.131. The van der Waals surface area contributed by atoms with Crippen molar-refractivity contribution >= 4 is 5.91 Å². The molecule has 0 saturated heterocycles. The Morgan fingerprint density at radius 3 is 2.40 bits per heavy atom. The summed E-state index contributed by atoms with van der Waals surface area (Å²) in [5, 5.41) is 0. The van der Waals surface area contributed by atoms with Crippen LogP contribution in [0, 0.1) is 5.82 Å². The summed E-state index contributed by atoms with van der Waals surface area (Å²) in [4.78, 5) is 13.5. The van der Waals surface area contributed by atoms with Crippen molar-refractivity contribution < 1.29 is 9.18 Å². The Hall–Kier alpha value is -1.38. The Morgan fingerprint density at radius 1 is 1.33 bits per heavy atom. The van der Waals surface area contributed by atoms with Gasteiger partial charge in [0, 0.05) is 19.7 Å². The minimum Gasteiger partial charge on any atom is -0.348 e. The summed E-state index contributed by atoms with van der Waals surface area (Å²) in [6, 6.07) is 6.55. The summed E-state index contributed by atoms with van der Waals surface area (Å²) in [7, 11) is 3.42. The molecule has 0 unspecified atom stereocenters. The van der Waals surface area contributed by atoms with Gasteiger partial charge in [0.15, 0.2) is 0 Å². The zero-order chi connectivity index (χ0) is 11.1. The highest BCUT2D eigenvalue weighted by molar-refractivity contribution is 5.91. The lowest BCUT2D eigenvalue weighted by atomic mass is 9.94. The number of halogens is 1. The molecule has 0 heterocycles. The van der Waals surface area contributed by atoms with E-state index in [4.69, 9.17) is 0 Å². The van der Waals surface area contributed by atoms with Crippen molar-refractivity contribution in [3.8, 4) is 0 Å². The number of rotatable bonds is 2. The third-order valence-electron chi connectivity index (χ3n) is 2.95. The van der Waals surface area contributed by atoms with Crippen molar-refractivity contribution in [3.05, 3.63) is 35.6 Å². The molecular formula is C12H14FNO. The normalized spacial score (nSPS) is 17.3. The second-order valence-corrected chi connectivity index (χ2v) is 4.26. The van der Waals surface area contributed by atoms with Gasteiger partial charge in [-0.05, 0) is 18.9 Å². The van der Waals surface area contributed by atoms with Crippen LogP contribution in [0.3, 0.4) is 0 Å². The number of carbonyl (C=O) groups is 1. The predicted octanol–water partition coefficient (Wildman–Crippen LogP) is 1.95. The van der Waals surface area contributed by atoms with Crippen LogP contribution in [0.25, 0.3) is 0 Å². The Morgan fingerprint density at radius 2 is 1.93 bits per heavy atom. The van der Waals surface area contributed by atoms with E-state index in [-0.39, 0.29) is 11.7 Å². The van der Waals surface area contributed by atoms with Crippen molar-refractivity contribution in [2.24, 2.45) is 0 Å². The van der Waals surface area contributed by atoms with Gasteiger partial charge < -0.3 is 4.90 Å². The molecule has 1 fully saturated rings. The second-order valence-electron chi connectivity index (χ2n) is 4.26. The zero-order valence-corrected chi connectivity index (χ0v) is 8.96. The van der Waals surface area contributed by atoms with Crippen molar-refractivity contribution in [2.75, 3.05) is 14.1 Å². The summed E-state index contributed by atoms with van der Waals surface area (Å²) in [6.45, 7) is 0. The Kier molecular flexibility index (Phi) is 2.25. The first-order valence-electron chi connectivity index (χ1n) is 5.05. The smallest absolute Gasteiger partial charge is 0.232 e. The molecule has 0 aromatic heterocycles. The van der Waals surface area contributed by atoms with Gasteiger partial charge in [-0.2, -0.15) is 0 Å². The van der Waals surface area contributed by atoms with Gasteiger partial charge in [-0.3, -0.25) is 4.79 Å². The van der Waals surface area contributed by atoms with Gasteiger partial charge in [-0.25, -0.2) is 4.39 Å². The fourth-order valence-electron chi connectivity index (χ4n) is 2.00. The van der Waals surface area contributed by atoms with Crippen LogP contribution in [-0.4, -0.2) is 24.9 Å². The van der Waals surface area contributed by atoms with Gasteiger partial charge in [-0.1, -0.05) is 18.2 Å². The predicted molar refractivity (Wildman–Crippen MR) is 56.0 cm³/mol. The average molecular weight is 207 g/mol. The number of amides is 1. The monoisotopic (exact) mass is 207 g/mol. The van der Waals surface area contributed by atoms with Crippen LogP contribution in [0.1, 0.15) is 18.4 Å². The van der Waals surface area contributed by atoms with E-state index in [9.17, 15) is 9.18 Å². The summed E-state index contributed by atoms with van der Waals surface area (Å²) >= 11 is 0. The molecule has 1 aliphatic rings. The maximum atomic E-state index is 13.6. The molecule has 0 N–H and O–H groups in total. The largest absolute Gasteiger partial charge is 0.348 e. The molecule has 3 heteroatoms. The van der Waals surface area contributed by atoms with E-state index in [0.717, 1.165) is 12.8 Å². The average Bonchev–Trinajstić information content (AvgIpc) is 2.98. The zero-order valence-electron chi connectivity index (χ0n) is 8.96. The molecule has 1 aliphatic carbocycles. The van der Waals surface area contributed by atoms with Crippen molar-refractivity contribution in [1.29, 1.82) is 0 Å².